The van der Waals surface area contributed by atoms with Crippen molar-refractivity contribution in [1.29, 1.82) is 0 Å². The minimum Gasteiger partial charge on any atom is -0.493 e. The Morgan fingerprint density at radius 2 is 1.94 bits per heavy atom. The van der Waals surface area contributed by atoms with Crippen LogP contribution in [0.5, 0.6) is 11.5 Å². The molecule has 4 heteroatoms. The summed E-state index contributed by atoms with van der Waals surface area (Å²) in [5.74, 6) is 1.42. The molecule has 0 saturated heterocycles. The van der Waals surface area contributed by atoms with Crippen LogP contribution in [0.25, 0.3) is 0 Å². The Hall–Kier alpha value is -1.19. The first kappa shape index (κ1) is 14.9. The van der Waals surface area contributed by atoms with Crippen molar-refractivity contribution >= 4 is 11.6 Å². The maximum atomic E-state index is 5.74. The van der Waals surface area contributed by atoms with E-state index in [2.05, 4.69) is 0 Å². The molecule has 1 unspecified atom stereocenters. The lowest BCUT2D eigenvalue weighted by molar-refractivity contribution is 0.0882. The summed E-state index contributed by atoms with van der Waals surface area (Å²) in [6.45, 7) is 4.30. The van der Waals surface area contributed by atoms with Gasteiger partial charge in [0.1, 0.15) is 0 Å². The zero-order chi connectivity index (χ0) is 13.5. The summed E-state index contributed by atoms with van der Waals surface area (Å²) in [6, 6.07) is 5.75. The number of allylic oxidation sites excluding steroid dienone is 1. The van der Waals surface area contributed by atoms with Gasteiger partial charge >= 0.3 is 0 Å². The second-order valence-electron chi connectivity index (χ2n) is 3.88. The number of ether oxygens (including phenoxy) is 3. The highest BCUT2D eigenvalue weighted by atomic mass is 35.5. The lowest BCUT2D eigenvalue weighted by Crippen LogP contribution is -2.01. The highest BCUT2D eigenvalue weighted by Crippen LogP contribution is 2.30. The predicted octanol–water partition coefficient (Wildman–Crippen LogP) is 3.92. The van der Waals surface area contributed by atoms with E-state index in [1.54, 1.807) is 14.2 Å². The number of rotatable bonds is 6. The summed E-state index contributed by atoms with van der Waals surface area (Å²) in [5, 5.41) is 0.731. The standard InChI is InChI=1S/C14H19ClO3/c1-10(15)7-8-18-11(2)12-5-6-13(16-3)14(9-12)17-4/h5-7,9,11H,8H2,1-4H3/b10-7+. The molecule has 100 valence electrons. The van der Waals surface area contributed by atoms with Crippen LogP contribution >= 0.6 is 11.6 Å². The maximum Gasteiger partial charge on any atom is 0.161 e. The summed E-state index contributed by atoms with van der Waals surface area (Å²) >= 11 is 5.74. The Labute approximate surface area is 113 Å². The van der Waals surface area contributed by atoms with Gasteiger partial charge in [0, 0.05) is 5.03 Å². The summed E-state index contributed by atoms with van der Waals surface area (Å²) in [7, 11) is 3.23. The van der Waals surface area contributed by atoms with Crippen LogP contribution < -0.4 is 9.47 Å². The van der Waals surface area contributed by atoms with Gasteiger partial charge in [0.15, 0.2) is 11.5 Å². The van der Waals surface area contributed by atoms with Crippen molar-refractivity contribution in [3.63, 3.8) is 0 Å². The zero-order valence-electron chi connectivity index (χ0n) is 11.2. The quantitative estimate of drug-likeness (QED) is 0.784. The van der Waals surface area contributed by atoms with Crippen LogP contribution in [0.4, 0.5) is 0 Å². The highest BCUT2D eigenvalue weighted by Gasteiger charge is 2.10. The summed E-state index contributed by atoms with van der Waals surface area (Å²) < 4.78 is 16.1. The van der Waals surface area contributed by atoms with E-state index in [0.717, 1.165) is 10.6 Å². The molecule has 0 bridgehead atoms. The number of halogens is 1. The van der Waals surface area contributed by atoms with Gasteiger partial charge in [0.05, 0.1) is 26.9 Å². The first-order valence-electron chi connectivity index (χ1n) is 5.74. The van der Waals surface area contributed by atoms with Gasteiger partial charge in [-0.1, -0.05) is 17.7 Å². The van der Waals surface area contributed by atoms with Crippen molar-refractivity contribution in [3.05, 3.63) is 34.9 Å². The van der Waals surface area contributed by atoms with Crippen molar-refractivity contribution < 1.29 is 14.2 Å². The molecule has 0 spiro atoms. The lowest BCUT2D eigenvalue weighted by Gasteiger charge is -2.15. The molecule has 1 atom stereocenters. The number of benzene rings is 1. The monoisotopic (exact) mass is 270 g/mol. The summed E-state index contributed by atoms with van der Waals surface area (Å²) in [6.07, 6.45) is 1.80. The van der Waals surface area contributed by atoms with Crippen LogP contribution in [0.15, 0.2) is 29.3 Å². The smallest absolute Gasteiger partial charge is 0.161 e. The zero-order valence-corrected chi connectivity index (χ0v) is 12.0. The normalized spacial score (nSPS) is 13.3. The van der Waals surface area contributed by atoms with Crippen LogP contribution in [0.2, 0.25) is 0 Å². The Morgan fingerprint density at radius 1 is 1.28 bits per heavy atom. The molecule has 1 rings (SSSR count). The van der Waals surface area contributed by atoms with E-state index < -0.39 is 0 Å². The van der Waals surface area contributed by atoms with Crippen LogP contribution in [0.3, 0.4) is 0 Å². The van der Waals surface area contributed by atoms with E-state index in [4.69, 9.17) is 25.8 Å². The lowest BCUT2D eigenvalue weighted by atomic mass is 10.1. The van der Waals surface area contributed by atoms with E-state index in [1.165, 1.54) is 0 Å². The molecule has 1 aromatic rings. The molecule has 18 heavy (non-hydrogen) atoms. The fraction of sp³-hybridized carbons (Fsp3) is 0.429. The summed E-state index contributed by atoms with van der Waals surface area (Å²) in [5.41, 5.74) is 1.04. The average molecular weight is 271 g/mol. The second kappa shape index (κ2) is 7.29. The largest absolute Gasteiger partial charge is 0.493 e. The molecule has 0 heterocycles. The minimum atomic E-state index is -0.0305. The van der Waals surface area contributed by atoms with Gasteiger partial charge in [-0.05, 0) is 37.6 Å². The van der Waals surface area contributed by atoms with Crippen molar-refractivity contribution in [1.82, 2.24) is 0 Å². The molecule has 0 aliphatic rings. The fourth-order valence-electron chi connectivity index (χ4n) is 1.51. The molecule has 0 radical (unpaired) electrons. The Kier molecular flexibility index (Phi) is 6.02. The van der Waals surface area contributed by atoms with Crippen LogP contribution in [-0.2, 0) is 4.74 Å². The van der Waals surface area contributed by atoms with Gasteiger partial charge in [-0.3, -0.25) is 0 Å². The van der Waals surface area contributed by atoms with E-state index in [9.17, 15) is 0 Å². The topological polar surface area (TPSA) is 27.7 Å². The molecule has 0 fully saturated rings. The molecule has 0 aliphatic carbocycles. The van der Waals surface area contributed by atoms with Crippen molar-refractivity contribution in [2.45, 2.75) is 20.0 Å². The molecule has 0 aromatic heterocycles. The van der Waals surface area contributed by atoms with Gasteiger partial charge in [0.25, 0.3) is 0 Å². The van der Waals surface area contributed by atoms with Gasteiger partial charge < -0.3 is 14.2 Å². The van der Waals surface area contributed by atoms with E-state index in [0.29, 0.717) is 18.1 Å². The number of methoxy groups -OCH3 is 2. The Balaban J connectivity index is 2.74. The van der Waals surface area contributed by atoms with Crippen molar-refractivity contribution in [2.24, 2.45) is 0 Å². The SMILES string of the molecule is COc1ccc(C(C)OC/C=C(\C)Cl)cc1OC. The highest BCUT2D eigenvalue weighted by molar-refractivity contribution is 6.29. The molecule has 0 saturated carbocycles. The van der Waals surface area contributed by atoms with Crippen LogP contribution in [0.1, 0.15) is 25.5 Å². The molecule has 1 aromatic carbocycles. The van der Waals surface area contributed by atoms with Gasteiger partial charge in [-0.25, -0.2) is 0 Å². The first-order valence-corrected chi connectivity index (χ1v) is 6.12. The number of hydrogen-bond acceptors (Lipinski definition) is 3. The first-order chi connectivity index (χ1) is 8.58. The summed E-state index contributed by atoms with van der Waals surface area (Å²) in [4.78, 5) is 0. The van der Waals surface area contributed by atoms with Gasteiger partial charge in [-0.2, -0.15) is 0 Å². The molecular formula is C14H19ClO3. The van der Waals surface area contributed by atoms with Crippen molar-refractivity contribution in [3.8, 4) is 11.5 Å². The molecule has 0 amide bonds. The third kappa shape index (κ3) is 4.24. The van der Waals surface area contributed by atoms with Gasteiger partial charge in [-0.15, -0.1) is 0 Å². The molecular weight excluding hydrogens is 252 g/mol. The molecule has 0 aliphatic heterocycles. The fourth-order valence-corrected chi connectivity index (χ4v) is 1.57. The minimum absolute atomic E-state index is 0.0305. The Bertz CT molecular complexity index is 412. The van der Waals surface area contributed by atoms with E-state index >= 15 is 0 Å². The van der Waals surface area contributed by atoms with E-state index in [-0.39, 0.29) is 6.10 Å². The third-order valence-corrected chi connectivity index (χ3v) is 2.74. The average Bonchev–Trinajstić information content (AvgIpc) is 2.37. The Morgan fingerprint density at radius 3 is 2.50 bits per heavy atom. The van der Waals surface area contributed by atoms with Gasteiger partial charge in [0.2, 0.25) is 0 Å². The molecule has 3 nitrogen and oxygen atoms in total. The molecule has 0 N–H and O–H groups in total. The number of hydrogen-bond donors (Lipinski definition) is 0. The second-order valence-corrected chi connectivity index (χ2v) is 4.48. The van der Waals surface area contributed by atoms with Crippen molar-refractivity contribution in [2.75, 3.05) is 20.8 Å². The third-order valence-electron chi connectivity index (χ3n) is 2.59. The van der Waals surface area contributed by atoms with Crippen LogP contribution in [-0.4, -0.2) is 20.8 Å². The van der Waals surface area contributed by atoms with E-state index in [1.807, 2.05) is 38.1 Å². The maximum absolute atomic E-state index is 5.74. The van der Waals surface area contributed by atoms with Crippen LogP contribution in [0, 0.1) is 0 Å². The predicted molar refractivity (Wildman–Crippen MR) is 73.5 cm³/mol.